The van der Waals surface area contributed by atoms with Crippen LogP contribution in [0.15, 0.2) is 54.7 Å². The molecule has 5 heteroatoms. The van der Waals surface area contributed by atoms with Crippen molar-refractivity contribution in [3.63, 3.8) is 0 Å². The van der Waals surface area contributed by atoms with E-state index in [-0.39, 0.29) is 5.88 Å². The summed E-state index contributed by atoms with van der Waals surface area (Å²) >= 11 is 0. The van der Waals surface area contributed by atoms with E-state index in [4.69, 9.17) is 4.74 Å². The van der Waals surface area contributed by atoms with E-state index in [9.17, 15) is 5.11 Å². The number of nitrogens with one attached hydrogen (secondary N) is 1. The van der Waals surface area contributed by atoms with Gasteiger partial charge in [0.1, 0.15) is 0 Å². The average molecular weight is 381 g/mol. The SMILES string of the molecule is Oc1[nH]cc2c1c1c3ccccc3n3c1c1c2c2ccccc2n1CCOCC3. The summed E-state index contributed by atoms with van der Waals surface area (Å²) in [5.41, 5.74) is 4.80. The molecule has 4 heterocycles. The quantitative estimate of drug-likeness (QED) is 0.384. The number of hydrogen-bond donors (Lipinski definition) is 2. The number of rotatable bonds is 0. The van der Waals surface area contributed by atoms with Crippen molar-refractivity contribution >= 4 is 54.4 Å². The van der Waals surface area contributed by atoms with E-state index >= 15 is 0 Å². The molecule has 0 bridgehead atoms. The Hall–Kier alpha value is -3.44. The molecule has 5 nitrogen and oxygen atoms in total. The Morgan fingerprint density at radius 1 is 0.724 bits per heavy atom. The van der Waals surface area contributed by atoms with Crippen molar-refractivity contribution in [2.45, 2.75) is 13.1 Å². The van der Waals surface area contributed by atoms with Crippen molar-refractivity contribution < 1.29 is 9.84 Å². The summed E-state index contributed by atoms with van der Waals surface area (Å²) in [6, 6.07) is 17.0. The number of aromatic amines is 1. The van der Waals surface area contributed by atoms with Crippen molar-refractivity contribution in [2.75, 3.05) is 13.2 Å². The standard InChI is InChI=1S/C24H19N3O2/c28-24-21-16(13-25-24)19-14-5-1-3-7-17(14)26-9-11-29-12-10-27-18-8-4-2-6-15(18)20(21)23(27)22(19)26/h1-8,13,25,28H,9-12H2. The van der Waals surface area contributed by atoms with E-state index < -0.39 is 0 Å². The Balaban J connectivity index is 1.93. The van der Waals surface area contributed by atoms with Crippen LogP contribution < -0.4 is 0 Å². The van der Waals surface area contributed by atoms with Crippen LogP contribution >= 0.6 is 0 Å². The van der Waals surface area contributed by atoms with E-state index in [1.807, 2.05) is 6.20 Å². The van der Waals surface area contributed by atoms with Crippen LogP contribution in [0.1, 0.15) is 0 Å². The molecule has 7 rings (SSSR count). The maximum absolute atomic E-state index is 10.8. The molecule has 142 valence electrons. The number of fused-ring (bicyclic) bond motifs is 9. The minimum absolute atomic E-state index is 0.234. The number of H-pyrrole nitrogens is 1. The van der Waals surface area contributed by atoms with Gasteiger partial charge in [0.05, 0.1) is 29.6 Å². The molecule has 0 saturated heterocycles. The normalized spacial score (nSPS) is 15.0. The molecule has 6 aromatic rings. The summed E-state index contributed by atoms with van der Waals surface area (Å²) in [6.07, 6.45) is 1.95. The summed E-state index contributed by atoms with van der Waals surface area (Å²) in [4.78, 5) is 3.09. The van der Waals surface area contributed by atoms with E-state index in [0.717, 1.165) is 29.2 Å². The van der Waals surface area contributed by atoms with E-state index in [1.54, 1.807) is 0 Å². The summed E-state index contributed by atoms with van der Waals surface area (Å²) in [6.45, 7) is 2.96. The zero-order valence-electron chi connectivity index (χ0n) is 15.8. The second-order valence-electron chi connectivity index (χ2n) is 7.82. The number of nitrogens with zero attached hydrogens (tertiary/aromatic N) is 2. The summed E-state index contributed by atoms with van der Waals surface area (Å²) in [7, 11) is 0. The van der Waals surface area contributed by atoms with Gasteiger partial charge >= 0.3 is 0 Å². The highest BCUT2D eigenvalue weighted by atomic mass is 16.5. The number of ether oxygens (including phenoxy) is 1. The molecule has 1 aliphatic heterocycles. The van der Waals surface area contributed by atoms with Crippen LogP contribution in [0.25, 0.3) is 54.4 Å². The van der Waals surface area contributed by atoms with Gasteiger partial charge in [0, 0.05) is 57.3 Å². The number of para-hydroxylation sites is 2. The fourth-order valence-corrected chi connectivity index (χ4v) is 5.37. The van der Waals surface area contributed by atoms with Gasteiger partial charge in [-0.2, -0.15) is 0 Å². The zero-order chi connectivity index (χ0) is 19.1. The largest absolute Gasteiger partial charge is 0.494 e. The van der Waals surface area contributed by atoms with Crippen molar-refractivity contribution in [1.82, 2.24) is 14.1 Å². The average Bonchev–Trinajstić information content (AvgIpc) is 3.40. The summed E-state index contributed by atoms with van der Waals surface area (Å²) < 4.78 is 10.8. The Labute approximate surface area is 165 Å². The highest BCUT2D eigenvalue weighted by Crippen LogP contribution is 2.47. The highest BCUT2D eigenvalue weighted by molar-refractivity contribution is 6.36. The number of hydrogen-bond acceptors (Lipinski definition) is 2. The number of aromatic nitrogens is 3. The first-order valence-corrected chi connectivity index (χ1v) is 10.1. The molecule has 2 N–H and O–H groups in total. The molecule has 0 amide bonds. The van der Waals surface area contributed by atoms with E-state index in [0.29, 0.717) is 13.2 Å². The van der Waals surface area contributed by atoms with Crippen molar-refractivity contribution in [3.8, 4) is 5.88 Å². The van der Waals surface area contributed by atoms with Crippen LogP contribution in [0.5, 0.6) is 5.88 Å². The Kier molecular flexibility index (Phi) is 2.85. The molecule has 0 spiro atoms. The molecule has 0 aliphatic carbocycles. The third-order valence-corrected chi connectivity index (χ3v) is 6.46. The van der Waals surface area contributed by atoms with Gasteiger partial charge in [0.25, 0.3) is 0 Å². The molecule has 0 fully saturated rings. The molecular formula is C24H19N3O2. The van der Waals surface area contributed by atoms with Crippen molar-refractivity contribution in [1.29, 1.82) is 0 Å². The fraction of sp³-hybridized carbons (Fsp3) is 0.167. The van der Waals surface area contributed by atoms with Gasteiger partial charge in [-0.3, -0.25) is 0 Å². The van der Waals surface area contributed by atoms with Crippen molar-refractivity contribution in [2.24, 2.45) is 0 Å². The smallest absolute Gasteiger partial charge is 0.197 e. The molecule has 0 radical (unpaired) electrons. The minimum Gasteiger partial charge on any atom is -0.494 e. The lowest BCUT2D eigenvalue weighted by atomic mass is 10.0. The molecule has 0 unspecified atom stereocenters. The molecular weight excluding hydrogens is 362 g/mol. The van der Waals surface area contributed by atoms with Crippen LogP contribution in [0.4, 0.5) is 0 Å². The fourth-order valence-electron chi connectivity index (χ4n) is 5.37. The number of benzene rings is 3. The van der Waals surface area contributed by atoms with Gasteiger partial charge in [-0.1, -0.05) is 36.4 Å². The third kappa shape index (κ3) is 1.79. The number of aromatic hydroxyl groups is 1. The van der Waals surface area contributed by atoms with Crippen LogP contribution in [-0.2, 0) is 17.8 Å². The lowest BCUT2D eigenvalue weighted by Gasteiger charge is -2.09. The van der Waals surface area contributed by atoms with Crippen molar-refractivity contribution in [3.05, 3.63) is 54.7 Å². The Bertz CT molecular complexity index is 1600. The molecule has 0 atom stereocenters. The van der Waals surface area contributed by atoms with E-state index in [2.05, 4.69) is 62.6 Å². The van der Waals surface area contributed by atoms with Crippen LogP contribution in [0.3, 0.4) is 0 Å². The summed E-state index contributed by atoms with van der Waals surface area (Å²) in [5.74, 6) is 0.234. The van der Waals surface area contributed by atoms with Gasteiger partial charge in [0.2, 0.25) is 0 Å². The van der Waals surface area contributed by atoms with Gasteiger partial charge < -0.3 is 24.0 Å². The second-order valence-corrected chi connectivity index (χ2v) is 7.82. The molecule has 29 heavy (non-hydrogen) atoms. The first-order chi connectivity index (χ1) is 14.3. The van der Waals surface area contributed by atoms with Gasteiger partial charge in [-0.05, 0) is 12.1 Å². The molecule has 1 aliphatic rings. The lowest BCUT2D eigenvalue weighted by Crippen LogP contribution is -2.07. The van der Waals surface area contributed by atoms with Crippen LogP contribution in [0.2, 0.25) is 0 Å². The summed E-state index contributed by atoms with van der Waals surface area (Å²) in [5, 5.41) is 17.5. The predicted octanol–water partition coefficient (Wildman–Crippen LogP) is 5.12. The van der Waals surface area contributed by atoms with Gasteiger partial charge in [0.15, 0.2) is 5.88 Å². The maximum Gasteiger partial charge on any atom is 0.197 e. The monoisotopic (exact) mass is 381 g/mol. The highest BCUT2D eigenvalue weighted by Gasteiger charge is 2.25. The Morgan fingerprint density at radius 2 is 1.31 bits per heavy atom. The topological polar surface area (TPSA) is 55.1 Å². The first kappa shape index (κ1) is 15.5. The van der Waals surface area contributed by atoms with Crippen LogP contribution in [0, 0.1) is 0 Å². The predicted molar refractivity (Wildman–Crippen MR) is 117 cm³/mol. The molecule has 3 aromatic carbocycles. The second kappa shape index (κ2) is 5.33. The van der Waals surface area contributed by atoms with E-state index in [1.165, 1.54) is 38.2 Å². The van der Waals surface area contributed by atoms with Gasteiger partial charge in [-0.15, -0.1) is 0 Å². The zero-order valence-corrected chi connectivity index (χ0v) is 15.8. The third-order valence-electron chi connectivity index (χ3n) is 6.46. The molecule has 3 aromatic heterocycles. The molecule has 0 saturated carbocycles. The Morgan fingerprint density at radius 3 is 2.00 bits per heavy atom. The maximum atomic E-state index is 10.8. The minimum atomic E-state index is 0.234. The lowest BCUT2D eigenvalue weighted by molar-refractivity contribution is 0.122. The van der Waals surface area contributed by atoms with Gasteiger partial charge in [-0.25, -0.2) is 0 Å². The first-order valence-electron chi connectivity index (χ1n) is 10.1. The van der Waals surface area contributed by atoms with Crippen LogP contribution in [-0.4, -0.2) is 32.4 Å².